The van der Waals surface area contributed by atoms with Gasteiger partial charge >= 0.3 is 10.3 Å². The molecule has 4 aromatic rings. The monoisotopic (exact) mass is 439 g/mol. The number of rotatable bonds is 8. The van der Waals surface area contributed by atoms with Gasteiger partial charge in [0, 0.05) is 20.1 Å². The van der Waals surface area contributed by atoms with Crippen LogP contribution in [0.15, 0.2) is 60.8 Å². The minimum Gasteiger partial charge on any atom is -0.365 e. The first kappa shape index (κ1) is 20.6. The SMILES string of the molecule is Cn1ncc2c(NCc3ccc(NS(=O)(=O)O)cc3)nc(NCc3ccccc3)nc21. The summed E-state index contributed by atoms with van der Waals surface area (Å²) in [6.07, 6.45) is 1.71. The predicted octanol–water partition coefficient (Wildman–Crippen LogP) is 2.80. The van der Waals surface area contributed by atoms with E-state index in [-0.39, 0.29) is 5.69 Å². The van der Waals surface area contributed by atoms with E-state index >= 15 is 0 Å². The van der Waals surface area contributed by atoms with Gasteiger partial charge in [-0.3, -0.25) is 14.0 Å². The van der Waals surface area contributed by atoms with Crippen molar-refractivity contribution < 1.29 is 13.0 Å². The minimum absolute atomic E-state index is 0.273. The van der Waals surface area contributed by atoms with E-state index in [1.54, 1.807) is 35.1 Å². The molecule has 31 heavy (non-hydrogen) atoms. The largest absolute Gasteiger partial charge is 0.365 e. The molecular weight excluding hydrogens is 418 g/mol. The molecule has 4 N–H and O–H groups in total. The fourth-order valence-electron chi connectivity index (χ4n) is 3.04. The highest BCUT2D eigenvalue weighted by Gasteiger charge is 2.12. The molecule has 0 saturated carbocycles. The Morgan fingerprint density at radius 3 is 2.32 bits per heavy atom. The summed E-state index contributed by atoms with van der Waals surface area (Å²) >= 11 is 0. The number of aromatic nitrogens is 4. The first-order valence-corrected chi connectivity index (χ1v) is 10.9. The highest BCUT2D eigenvalue weighted by Crippen LogP contribution is 2.22. The Hall–Kier alpha value is -3.70. The van der Waals surface area contributed by atoms with E-state index in [1.165, 1.54) is 0 Å². The van der Waals surface area contributed by atoms with Crippen LogP contribution in [0.5, 0.6) is 0 Å². The molecule has 2 heterocycles. The van der Waals surface area contributed by atoms with Gasteiger partial charge in [0.15, 0.2) is 5.65 Å². The van der Waals surface area contributed by atoms with E-state index in [4.69, 9.17) is 4.55 Å². The smallest absolute Gasteiger partial charge is 0.357 e. The van der Waals surface area contributed by atoms with Gasteiger partial charge in [-0.1, -0.05) is 42.5 Å². The van der Waals surface area contributed by atoms with Crippen molar-refractivity contribution in [2.45, 2.75) is 13.1 Å². The number of aryl methyl sites for hydroxylation is 1. The molecule has 0 aliphatic heterocycles. The van der Waals surface area contributed by atoms with Gasteiger partial charge < -0.3 is 10.6 Å². The van der Waals surface area contributed by atoms with E-state index in [9.17, 15) is 8.42 Å². The third-order valence-electron chi connectivity index (χ3n) is 4.55. The second kappa shape index (κ2) is 8.58. The van der Waals surface area contributed by atoms with Gasteiger partial charge in [-0.05, 0) is 23.3 Å². The van der Waals surface area contributed by atoms with Crippen molar-refractivity contribution in [1.82, 2.24) is 19.7 Å². The molecule has 2 aromatic carbocycles. The fraction of sp³-hybridized carbons (Fsp3) is 0.150. The second-order valence-corrected chi connectivity index (χ2v) is 8.02. The highest BCUT2D eigenvalue weighted by atomic mass is 32.2. The molecule has 0 atom stereocenters. The lowest BCUT2D eigenvalue weighted by atomic mass is 10.2. The molecule has 0 bridgehead atoms. The molecule has 10 nitrogen and oxygen atoms in total. The zero-order valence-electron chi connectivity index (χ0n) is 16.6. The van der Waals surface area contributed by atoms with Crippen molar-refractivity contribution in [2.24, 2.45) is 7.05 Å². The van der Waals surface area contributed by atoms with Gasteiger partial charge in [0.1, 0.15) is 5.82 Å². The lowest BCUT2D eigenvalue weighted by molar-refractivity contribution is 0.489. The van der Waals surface area contributed by atoms with Crippen molar-refractivity contribution in [2.75, 3.05) is 15.4 Å². The molecule has 0 amide bonds. The Morgan fingerprint density at radius 2 is 1.61 bits per heavy atom. The minimum atomic E-state index is -4.30. The molecule has 11 heteroatoms. The molecule has 0 spiro atoms. The number of nitrogens with one attached hydrogen (secondary N) is 3. The van der Waals surface area contributed by atoms with Gasteiger partial charge in [-0.15, -0.1) is 0 Å². The highest BCUT2D eigenvalue weighted by molar-refractivity contribution is 7.87. The Balaban J connectivity index is 1.51. The zero-order valence-corrected chi connectivity index (χ0v) is 17.5. The number of anilines is 3. The Bertz CT molecular complexity index is 1290. The van der Waals surface area contributed by atoms with Crippen LogP contribution in [0.1, 0.15) is 11.1 Å². The molecule has 0 unspecified atom stereocenters. The van der Waals surface area contributed by atoms with Crippen LogP contribution in [0.4, 0.5) is 17.5 Å². The molecule has 0 aliphatic rings. The van der Waals surface area contributed by atoms with Gasteiger partial charge in [0.25, 0.3) is 0 Å². The van der Waals surface area contributed by atoms with E-state index < -0.39 is 10.3 Å². The average Bonchev–Trinajstić information content (AvgIpc) is 3.12. The molecular formula is C20H21N7O3S. The van der Waals surface area contributed by atoms with Crippen LogP contribution in [0.25, 0.3) is 11.0 Å². The molecule has 0 radical (unpaired) electrons. The maximum atomic E-state index is 10.9. The van der Waals surface area contributed by atoms with Gasteiger partial charge in [0.2, 0.25) is 5.95 Å². The first-order valence-electron chi connectivity index (χ1n) is 9.43. The van der Waals surface area contributed by atoms with Crippen molar-refractivity contribution in [3.05, 3.63) is 71.9 Å². The summed E-state index contributed by atoms with van der Waals surface area (Å²) in [5, 5.41) is 11.6. The Kier molecular flexibility index (Phi) is 5.69. The molecule has 0 fully saturated rings. The third kappa shape index (κ3) is 5.27. The van der Waals surface area contributed by atoms with Crippen LogP contribution < -0.4 is 15.4 Å². The molecule has 4 rings (SSSR count). The van der Waals surface area contributed by atoms with E-state index in [0.29, 0.717) is 30.5 Å². The number of benzene rings is 2. The lowest BCUT2D eigenvalue weighted by Gasteiger charge is -2.11. The summed E-state index contributed by atoms with van der Waals surface area (Å²) in [5.74, 6) is 1.11. The summed E-state index contributed by atoms with van der Waals surface area (Å²) in [7, 11) is -2.48. The molecule has 2 aromatic heterocycles. The quantitative estimate of drug-likeness (QED) is 0.308. The van der Waals surface area contributed by atoms with Crippen LogP contribution in [0.3, 0.4) is 0 Å². The maximum absolute atomic E-state index is 10.9. The average molecular weight is 440 g/mol. The molecule has 160 valence electrons. The van der Waals surface area contributed by atoms with E-state index in [0.717, 1.165) is 16.5 Å². The van der Waals surface area contributed by atoms with Gasteiger partial charge in [-0.2, -0.15) is 23.5 Å². The lowest BCUT2D eigenvalue weighted by Crippen LogP contribution is -2.10. The zero-order chi connectivity index (χ0) is 21.8. The van der Waals surface area contributed by atoms with Crippen LogP contribution in [-0.4, -0.2) is 32.7 Å². The number of hydrogen-bond acceptors (Lipinski definition) is 7. The van der Waals surface area contributed by atoms with Crippen molar-refractivity contribution in [3.8, 4) is 0 Å². The van der Waals surface area contributed by atoms with Gasteiger partial charge in [-0.25, -0.2) is 0 Å². The number of hydrogen-bond donors (Lipinski definition) is 4. The first-order chi connectivity index (χ1) is 14.9. The summed E-state index contributed by atoms with van der Waals surface area (Å²) in [5.41, 5.74) is 2.98. The van der Waals surface area contributed by atoms with Crippen molar-refractivity contribution >= 4 is 38.8 Å². The predicted molar refractivity (Wildman–Crippen MR) is 119 cm³/mol. The summed E-state index contributed by atoms with van der Waals surface area (Å²) in [6, 6.07) is 16.6. The summed E-state index contributed by atoms with van der Waals surface area (Å²) < 4.78 is 34.4. The summed E-state index contributed by atoms with van der Waals surface area (Å²) in [4.78, 5) is 9.16. The third-order valence-corrected chi connectivity index (χ3v) is 5.04. The van der Waals surface area contributed by atoms with E-state index in [1.807, 2.05) is 42.1 Å². The molecule has 0 saturated heterocycles. The summed E-state index contributed by atoms with van der Waals surface area (Å²) in [6.45, 7) is 1.04. The Morgan fingerprint density at radius 1 is 0.935 bits per heavy atom. The van der Waals surface area contributed by atoms with Gasteiger partial charge in [0.05, 0.1) is 17.3 Å². The van der Waals surface area contributed by atoms with Crippen LogP contribution in [0, 0.1) is 0 Å². The van der Waals surface area contributed by atoms with Crippen LogP contribution in [-0.2, 0) is 30.4 Å². The van der Waals surface area contributed by atoms with E-state index in [2.05, 4.69) is 25.7 Å². The van der Waals surface area contributed by atoms with Crippen molar-refractivity contribution in [1.29, 1.82) is 0 Å². The number of nitrogens with zero attached hydrogens (tertiary/aromatic N) is 4. The number of fused-ring (bicyclic) bond motifs is 1. The van der Waals surface area contributed by atoms with Crippen molar-refractivity contribution in [3.63, 3.8) is 0 Å². The fourth-order valence-corrected chi connectivity index (χ4v) is 3.47. The maximum Gasteiger partial charge on any atom is 0.357 e. The topological polar surface area (TPSA) is 134 Å². The van der Waals surface area contributed by atoms with Crippen LogP contribution >= 0.6 is 0 Å². The Labute approximate surface area is 179 Å². The molecule has 0 aliphatic carbocycles. The standard InChI is InChI=1S/C20H21N7O3S/c1-27-19-17(13-23-27)18(24-20(25-19)22-12-14-5-3-2-4-6-14)21-11-15-7-9-16(10-8-15)26-31(28,29)30/h2-10,13,26H,11-12H2,1H3,(H,28,29,30)(H2,21,22,24,25). The second-order valence-electron chi connectivity index (χ2n) is 6.87. The van der Waals surface area contributed by atoms with Crippen LogP contribution in [0.2, 0.25) is 0 Å². The normalized spacial score (nSPS) is 11.4.